The Morgan fingerprint density at radius 3 is 2.65 bits per heavy atom. The number of benzene rings is 1. The summed E-state index contributed by atoms with van der Waals surface area (Å²) in [7, 11) is 1.61. The van der Waals surface area contributed by atoms with Gasteiger partial charge < -0.3 is 10.1 Å². The van der Waals surface area contributed by atoms with Gasteiger partial charge in [-0.3, -0.25) is 9.78 Å². The van der Waals surface area contributed by atoms with Crippen LogP contribution in [0.4, 0.5) is 0 Å². The molecule has 0 radical (unpaired) electrons. The average molecular weight is 335 g/mol. The van der Waals surface area contributed by atoms with Gasteiger partial charge in [-0.05, 0) is 51.3 Å². The van der Waals surface area contributed by atoms with Crippen molar-refractivity contribution in [1.29, 1.82) is 0 Å². The van der Waals surface area contributed by atoms with Crippen molar-refractivity contribution in [3.05, 3.63) is 58.3 Å². The molecule has 1 aromatic heterocycles. The summed E-state index contributed by atoms with van der Waals surface area (Å²) >= 11 is 3.41. The van der Waals surface area contributed by atoms with Crippen molar-refractivity contribution >= 4 is 21.8 Å². The quantitative estimate of drug-likeness (QED) is 0.914. The first-order valence-corrected chi connectivity index (χ1v) is 6.96. The lowest BCUT2D eigenvalue weighted by molar-refractivity contribution is -0.120. The molecule has 1 heterocycles. The van der Waals surface area contributed by atoms with Gasteiger partial charge in [0.2, 0.25) is 5.91 Å². The van der Waals surface area contributed by atoms with Gasteiger partial charge in [0, 0.05) is 18.9 Å². The van der Waals surface area contributed by atoms with Gasteiger partial charge in [-0.1, -0.05) is 6.07 Å². The predicted octanol–water partition coefficient (Wildman–Crippen LogP) is 2.71. The van der Waals surface area contributed by atoms with Gasteiger partial charge >= 0.3 is 0 Å². The van der Waals surface area contributed by atoms with Crippen LogP contribution in [0.15, 0.2) is 47.2 Å². The Bertz CT molecular complexity index is 588. The van der Waals surface area contributed by atoms with Crippen LogP contribution in [0, 0.1) is 0 Å². The highest BCUT2D eigenvalue weighted by molar-refractivity contribution is 9.10. The van der Waals surface area contributed by atoms with E-state index in [-0.39, 0.29) is 5.91 Å². The molecule has 1 N–H and O–H groups in total. The molecule has 0 spiro atoms. The van der Waals surface area contributed by atoms with Gasteiger partial charge in [0.15, 0.2) is 0 Å². The molecule has 4 nitrogen and oxygen atoms in total. The van der Waals surface area contributed by atoms with Crippen LogP contribution in [-0.2, 0) is 17.8 Å². The van der Waals surface area contributed by atoms with Crippen molar-refractivity contribution in [2.75, 3.05) is 7.11 Å². The number of aromatic nitrogens is 1. The summed E-state index contributed by atoms with van der Waals surface area (Å²) in [5.74, 6) is 0.741. The van der Waals surface area contributed by atoms with Crippen molar-refractivity contribution in [3.8, 4) is 5.75 Å². The van der Waals surface area contributed by atoms with Gasteiger partial charge in [0.1, 0.15) is 5.75 Å². The molecule has 1 aromatic carbocycles. The van der Waals surface area contributed by atoms with E-state index in [9.17, 15) is 4.79 Å². The number of halogens is 1. The van der Waals surface area contributed by atoms with Crippen molar-refractivity contribution < 1.29 is 9.53 Å². The van der Waals surface area contributed by atoms with E-state index in [1.807, 2.05) is 30.3 Å². The molecule has 0 saturated heterocycles. The van der Waals surface area contributed by atoms with Crippen LogP contribution in [0.3, 0.4) is 0 Å². The third-order valence-electron chi connectivity index (χ3n) is 2.82. The number of hydrogen-bond donors (Lipinski definition) is 1. The Balaban J connectivity index is 1.90. The molecule has 0 aliphatic heterocycles. The molecule has 0 atom stereocenters. The summed E-state index contributed by atoms with van der Waals surface area (Å²) in [5, 5.41) is 2.88. The van der Waals surface area contributed by atoms with Gasteiger partial charge in [-0.25, -0.2) is 0 Å². The maximum Gasteiger partial charge on any atom is 0.224 e. The Labute approximate surface area is 126 Å². The van der Waals surface area contributed by atoms with Crippen LogP contribution >= 0.6 is 15.9 Å². The Morgan fingerprint density at radius 1 is 1.25 bits per heavy atom. The fourth-order valence-electron chi connectivity index (χ4n) is 1.77. The predicted molar refractivity (Wildman–Crippen MR) is 80.5 cm³/mol. The lowest BCUT2D eigenvalue weighted by Crippen LogP contribution is -2.24. The summed E-state index contributed by atoms with van der Waals surface area (Å²) in [4.78, 5) is 15.8. The molecule has 0 aliphatic carbocycles. The van der Waals surface area contributed by atoms with Crippen molar-refractivity contribution in [3.63, 3.8) is 0 Å². The molecule has 2 aromatic rings. The minimum atomic E-state index is -0.0149. The number of methoxy groups -OCH3 is 1. The minimum Gasteiger partial charge on any atom is -0.496 e. The van der Waals surface area contributed by atoms with Crippen molar-refractivity contribution in [2.24, 2.45) is 0 Å². The number of pyridine rings is 1. The number of nitrogens with zero attached hydrogens (tertiary/aromatic N) is 1. The zero-order valence-electron chi connectivity index (χ0n) is 11.1. The topological polar surface area (TPSA) is 51.2 Å². The molecule has 1 amide bonds. The van der Waals surface area contributed by atoms with Crippen LogP contribution in [0.25, 0.3) is 0 Å². The standard InChI is InChI=1S/C15H15BrN2O2/c1-20-14-3-2-12(8-13(14)16)9-15(19)18-10-11-4-6-17-7-5-11/h2-8H,9-10H2,1H3,(H,18,19). The highest BCUT2D eigenvalue weighted by atomic mass is 79.9. The van der Waals surface area contributed by atoms with Crippen LogP contribution in [0.1, 0.15) is 11.1 Å². The number of carbonyl (C=O) groups excluding carboxylic acids is 1. The fourth-order valence-corrected chi connectivity index (χ4v) is 2.36. The van der Waals surface area contributed by atoms with E-state index in [1.165, 1.54) is 0 Å². The maximum atomic E-state index is 11.9. The van der Waals surface area contributed by atoms with Gasteiger partial charge in [-0.15, -0.1) is 0 Å². The Hall–Kier alpha value is -1.88. The smallest absolute Gasteiger partial charge is 0.224 e. The fraction of sp³-hybridized carbons (Fsp3) is 0.200. The van der Waals surface area contributed by atoms with Crippen LogP contribution in [0.5, 0.6) is 5.75 Å². The molecule has 0 bridgehead atoms. The third-order valence-corrected chi connectivity index (χ3v) is 3.44. The first-order valence-electron chi connectivity index (χ1n) is 6.17. The molecule has 0 aliphatic rings. The van der Waals surface area contributed by atoms with E-state index in [0.29, 0.717) is 13.0 Å². The number of carbonyl (C=O) groups is 1. The minimum absolute atomic E-state index is 0.0149. The van der Waals surface area contributed by atoms with E-state index in [1.54, 1.807) is 19.5 Å². The number of rotatable bonds is 5. The molecule has 0 saturated carbocycles. The Morgan fingerprint density at radius 2 is 2.00 bits per heavy atom. The summed E-state index contributed by atoms with van der Waals surface area (Å²) in [5.41, 5.74) is 1.97. The van der Waals surface area contributed by atoms with Gasteiger partial charge in [0.05, 0.1) is 18.0 Å². The van der Waals surface area contributed by atoms with E-state index < -0.39 is 0 Å². The number of nitrogens with one attached hydrogen (secondary N) is 1. The Kier molecular flexibility index (Phi) is 5.12. The molecule has 5 heteroatoms. The second kappa shape index (κ2) is 7.05. The maximum absolute atomic E-state index is 11.9. The van der Waals surface area contributed by atoms with E-state index >= 15 is 0 Å². The van der Waals surface area contributed by atoms with Crippen LogP contribution in [0.2, 0.25) is 0 Å². The van der Waals surface area contributed by atoms with Gasteiger partial charge in [-0.2, -0.15) is 0 Å². The molecule has 0 fully saturated rings. The monoisotopic (exact) mass is 334 g/mol. The SMILES string of the molecule is COc1ccc(CC(=O)NCc2ccncc2)cc1Br. The lowest BCUT2D eigenvalue weighted by atomic mass is 10.1. The van der Waals surface area contributed by atoms with Gasteiger partial charge in [0.25, 0.3) is 0 Å². The van der Waals surface area contributed by atoms with Crippen molar-refractivity contribution in [2.45, 2.75) is 13.0 Å². The van der Waals surface area contributed by atoms with E-state index in [2.05, 4.69) is 26.2 Å². The number of ether oxygens (including phenoxy) is 1. The molecule has 0 unspecified atom stereocenters. The first-order chi connectivity index (χ1) is 9.69. The lowest BCUT2D eigenvalue weighted by Gasteiger charge is -2.07. The third kappa shape index (κ3) is 4.06. The van der Waals surface area contributed by atoms with E-state index in [0.717, 1.165) is 21.3 Å². The van der Waals surface area contributed by atoms with Crippen LogP contribution in [-0.4, -0.2) is 18.0 Å². The highest BCUT2D eigenvalue weighted by Crippen LogP contribution is 2.25. The summed E-state index contributed by atoms with van der Waals surface area (Å²) in [6.07, 6.45) is 3.76. The number of amides is 1. The average Bonchev–Trinajstić information content (AvgIpc) is 2.46. The first kappa shape index (κ1) is 14.5. The molecular weight excluding hydrogens is 320 g/mol. The summed E-state index contributed by atoms with van der Waals surface area (Å²) < 4.78 is 6.00. The zero-order valence-corrected chi connectivity index (χ0v) is 12.7. The molecule has 2 rings (SSSR count). The van der Waals surface area contributed by atoms with Crippen LogP contribution < -0.4 is 10.1 Å². The summed E-state index contributed by atoms with van der Waals surface area (Å²) in [6, 6.07) is 9.38. The van der Waals surface area contributed by atoms with Crippen molar-refractivity contribution in [1.82, 2.24) is 10.3 Å². The second-order valence-corrected chi connectivity index (χ2v) is 5.13. The second-order valence-electron chi connectivity index (χ2n) is 4.28. The molecule has 20 heavy (non-hydrogen) atoms. The normalized spacial score (nSPS) is 10.1. The molecular formula is C15H15BrN2O2. The summed E-state index contributed by atoms with van der Waals surface area (Å²) in [6.45, 7) is 0.513. The zero-order chi connectivity index (χ0) is 14.4. The highest BCUT2D eigenvalue weighted by Gasteiger charge is 2.06. The largest absolute Gasteiger partial charge is 0.496 e. The van der Waals surface area contributed by atoms with E-state index in [4.69, 9.17) is 4.74 Å². The number of hydrogen-bond acceptors (Lipinski definition) is 3. The molecule has 104 valence electrons.